The van der Waals surface area contributed by atoms with Gasteiger partial charge in [-0.25, -0.2) is 36.0 Å². The van der Waals surface area contributed by atoms with Crippen LogP contribution in [0.5, 0.6) is 0 Å². The van der Waals surface area contributed by atoms with Gasteiger partial charge in [-0.15, -0.1) is 0 Å². The molecule has 2 aromatic rings. The Hall–Kier alpha value is -2.60. The fourth-order valence-corrected chi connectivity index (χ4v) is 7.93. The third kappa shape index (κ3) is 28.4. The molecule has 0 aliphatic carbocycles. The molecule has 0 radical (unpaired) electrons. The van der Waals surface area contributed by atoms with Crippen LogP contribution in [0.4, 0.5) is 0 Å². The molecular weight excluding hydrogens is 905 g/mol. The van der Waals surface area contributed by atoms with Crippen LogP contribution in [0.25, 0.3) is 0 Å². The number of ether oxygens (including phenoxy) is 4. The number of hydrogen-bond donors (Lipinski definition) is 0. The first kappa shape index (κ1) is 62.4. The summed E-state index contributed by atoms with van der Waals surface area (Å²) >= 11 is 0. The second kappa shape index (κ2) is 37.4. The van der Waals surface area contributed by atoms with Gasteiger partial charge in [-0.3, -0.25) is 0 Å². The summed E-state index contributed by atoms with van der Waals surface area (Å²) in [4.78, 5) is 49.5. The molecular formula is C48H74CaO14S2. The van der Waals surface area contributed by atoms with Crippen molar-refractivity contribution in [1.29, 1.82) is 0 Å². The van der Waals surface area contributed by atoms with Gasteiger partial charge in [0.25, 0.3) is 0 Å². The van der Waals surface area contributed by atoms with Crippen LogP contribution in [0.15, 0.2) is 48.5 Å². The van der Waals surface area contributed by atoms with Gasteiger partial charge in [-0.05, 0) is 49.9 Å². The molecule has 65 heavy (non-hydrogen) atoms. The van der Waals surface area contributed by atoms with Crippen LogP contribution >= 0.6 is 0 Å². The second-order valence-corrected chi connectivity index (χ2v) is 19.3. The topological polar surface area (TPSA) is 220 Å². The van der Waals surface area contributed by atoms with E-state index in [9.17, 15) is 45.1 Å². The Labute approximate surface area is 419 Å². The molecule has 0 fully saturated rings. The maximum absolute atomic E-state index is 12.4. The predicted octanol–water partition coefficient (Wildman–Crippen LogP) is 10.1. The molecule has 2 aromatic carbocycles. The van der Waals surface area contributed by atoms with Crippen molar-refractivity contribution in [2.24, 2.45) is 0 Å². The number of esters is 4. The smallest absolute Gasteiger partial charge is 0.748 e. The van der Waals surface area contributed by atoms with E-state index in [1.165, 1.54) is 128 Å². The summed E-state index contributed by atoms with van der Waals surface area (Å²) in [5.41, 5.74) is 0.0858. The van der Waals surface area contributed by atoms with Gasteiger partial charge in [0, 0.05) is 0 Å². The predicted molar refractivity (Wildman–Crippen MR) is 251 cm³/mol. The maximum atomic E-state index is 12.4. The minimum atomic E-state index is -4.57. The number of hydrogen-bond acceptors (Lipinski definition) is 14. The molecule has 2 unspecified atom stereocenters. The number of carbonyl (C=O) groups excluding carboxylic acids is 4. The van der Waals surface area contributed by atoms with E-state index in [-0.39, 0.29) is 86.0 Å². The van der Waals surface area contributed by atoms with Gasteiger partial charge in [0.2, 0.25) is 0 Å². The molecule has 0 bridgehead atoms. The second-order valence-electron chi connectivity index (χ2n) is 16.0. The molecule has 2 rings (SSSR count). The van der Waals surface area contributed by atoms with E-state index in [1.807, 2.05) is 0 Å². The van der Waals surface area contributed by atoms with Gasteiger partial charge in [0.1, 0.15) is 33.5 Å². The summed E-state index contributed by atoms with van der Waals surface area (Å²) in [6.45, 7) is 6.90. The molecule has 0 aliphatic rings. The molecule has 0 saturated heterocycles. The summed E-state index contributed by atoms with van der Waals surface area (Å²) in [6, 6.07) is 12.1. The zero-order chi connectivity index (χ0) is 47.6. The summed E-state index contributed by atoms with van der Waals surface area (Å²) in [5.74, 6) is -2.98. The van der Waals surface area contributed by atoms with Crippen LogP contribution in [0.1, 0.15) is 210 Å². The Kier molecular flexibility index (Phi) is 35.9. The Balaban J connectivity index is 0.00000124. The van der Waals surface area contributed by atoms with Crippen molar-refractivity contribution in [3.8, 4) is 0 Å². The zero-order valence-corrected chi connectivity index (χ0v) is 43.2. The van der Waals surface area contributed by atoms with Crippen molar-refractivity contribution in [2.75, 3.05) is 26.4 Å². The van der Waals surface area contributed by atoms with Crippen molar-refractivity contribution >= 4 is 81.9 Å². The van der Waals surface area contributed by atoms with E-state index in [0.717, 1.165) is 38.5 Å². The molecule has 2 atom stereocenters. The van der Waals surface area contributed by atoms with Gasteiger partial charge in [0.05, 0.1) is 46.0 Å². The molecule has 14 nitrogen and oxygen atoms in total. The summed E-state index contributed by atoms with van der Waals surface area (Å²) in [5, 5.41) is -2.64. The van der Waals surface area contributed by atoms with Crippen LogP contribution in [-0.4, -0.2) is 124 Å². The van der Waals surface area contributed by atoms with E-state index in [4.69, 9.17) is 18.9 Å². The third-order valence-corrected chi connectivity index (χ3v) is 13.3. The molecule has 0 saturated carbocycles. The molecule has 364 valence electrons. The molecule has 17 heteroatoms. The monoisotopic (exact) mass is 978 g/mol. The normalized spacial score (nSPS) is 12.2. The quantitative estimate of drug-likeness (QED) is 0.0209. The standard InChI is InChI=1S/2C24H38O7S.Ca/c2*1-3-5-6-7-8-9-10-11-12-15-18-30-23(25)21-16-13-14-17-22(21)24(26)31-19-20(4-2)32(27,28)29;/h2*13-14,16-17,20H,3-12,15,18-19H2,1-2H3,(H,27,28,29);/q;;+2/p-2. The van der Waals surface area contributed by atoms with Crippen molar-refractivity contribution < 1.29 is 64.1 Å². The minimum absolute atomic E-state index is 0. The summed E-state index contributed by atoms with van der Waals surface area (Å²) in [6.07, 6.45) is 23.6. The molecule has 0 heterocycles. The fourth-order valence-electron chi connectivity index (χ4n) is 6.65. The van der Waals surface area contributed by atoms with Crippen molar-refractivity contribution in [3.05, 3.63) is 70.8 Å². The molecule has 0 N–H and O–H groups in total. The number of unbranched alkanes of at least 4 members (excludes halogenated alkanes) is 18. The zero-order valence-electron chi connectivity index (χ0n) is 39.4. The van der Waals surface area contributed by atoms with Crippen molar-refractivity contribution in [1.82, 2.24) is 0 Å². The molecule has 0 aromatic heterocycles. The van der Waals surface area contributed by atoms with Crippen LogP contribution < -0.4 is 0 Å². The molecule has 0 amide bonds. The van der Waals surface area contributed by atoms with Crippen LogP contribution in [-0.2, 0) is 39.2 Å². The SMILES string of the molecule is CCCCCCCCCCCCOC(=O)c1ccccc1C(=O)OCC(CC)S(=O)(=O)[O-].CCCCCCCCCCCCOC(=O)c1ccccc1C(=O)OCC(CC)S(=O)(=O)[O-].[Ca+2]. The first-order valence-corrected chi connectivity index (χ1v) is 26.3. The number of carbonyl (C=O) groups is 4. The Morgan fingerprint density at radius 1 is 0.415 bits per heavy atom. The maximum Gasteiger partial charge on any atom is 2.00 e. The minimum Gasteiger partial charge on any atom is -0.748 e. The third-order valence-electron chi connectivity index (χ3n) is 10.7. The average Bonchev–Trinajstić information content (AvgIpc) is 3.26. The Morgan fingerprint density at radius 2 is 0.646 bits per heavy atom. The van der Waals surface area contributed by atoms with E-state index in [1.54, 1.807) is 24.3 Å². The van der Waals surface area contributed by atoms with Gasteiger partial charge < -0.3 is 28.1 Å². The Morgan fingerprint density at radius 3 is 0.877 bits per heavy atom. The first-order chi connectivity index (χ1) is 30.6. The van der Waals surface area contributed by atoms with Crippen molar-refractivity contribution in [3.63, 3.8) is 0 Å². The molecule has 0 aliphatic heterocycles. The van der Waals surface area contributed by atoms with E-state index in [2.05, 4.69) is 13.8 Å². The van der Waals surface area contributed by atoms with Gasteiger partial charge in [0.15, 0.2) is 0 Å². The van der Waals surface area contributed by atoms with Crippen LogP contribution in [0.3, 0.4) is 0 Å². The van der Waals surface area contributed by atoms with E-state index in [0.29, 0.717) is 0 Å². The molecule has 0 spiro atoms. The first-order valence-electron chi connectivity index (χ1n) is 23.4. The van der Waals surface area contributed by atoms with E-state index < -0.39 is 67.8 Å². The average molecular weight is 979 g/mol. The summed E-state index contributed by atoms with van der Waals surface area (Å²) in [7, 11) is -9.13. The summed E-state index contributed by atoms with van der Waals surface area (Å²) < 4.78 is 87.5. The van der Waals surface area contributed by atoms with Gasteiger partial charge in [-0.1, -0.05) is 168 Å². The Bertz CT molecular complexity index is 1720. The van der Waals surface area contributed by atoms with E-state index >= 15 is 0 Å². The fraction of sp³-hybridized carbons (Fsp3) is 0.667. The van der Waals surface area contributed by atoms with Gasteiger partial charge >= 0.3 is 61.6 Å². The number of benzene rings is 2. The van der Waals surface area contributed by atoms with Crippen LogP contribution in [0, 0.1) is 0 Å². The van der Waals surface area contributed by atoms with Crippen LogP contribution in [0.2, 0.25) is 0 Å². The number of rotatable bonds is 34. The largest absolute Gasteiger partial charge is 2.00 e. The van der Waals surface area contributed by atoms with Gasteiger partial charge in [-0.2, -0.15) is 0 Å². The van der Waals surface area contributed by atoms with Crippen molar-refractivity contribution in [2.45, 2.75) is 179 Å².